The normalized spacial score (nSPS) is 26.6. The van der Waals surface area contributed by atoms with E-state index in [0.29, 0.717) is 6.04 Å². The number of rotatable bonds is 5. The molecule has 1 aromatic carbocycles. The van der Waals surface area contributed by atoms with Gasteiger partial charge >= 0.3 is 0 Å². The van der Waals surface area contributed by atoms with E-state index < -0.39 is 0 Å². The zero-order chi connectivity index (χ0) is 12.5. The van der Waals surface area contributed by atoms with Gasteiger partial charge in [-0.3, -0.25) is 0 Å². The summed E-state index contributed by atoms with van der Waals surface area (Å²) >= 11 is 0. The van der Waals surface area contributed by atoms with Gasteiger partial charge in [0.25, 0.3) is 0 Å². The fourth-order valence-electron chi connectivity index (χ4n) is 2.62. The summed E-state index contributed by atoms with van der Waals surface area (Å²) in [5.41, 5.74) is 3.94. The molecule has 0 amide bonds. The topological polar surface area (TPSA) is 21.9 Å². The Kier molecular flexibility index (Phi) is 3.21. The lowest BCUT2D eigenvalue weighted by atomic mass is 9.87. The van der Waals surface area contributed by atoms with Crippen molar-refractivity contribution in [2.24, 2.45) is 0 Å². The van der Waals surface area contributed by atoms with Crippen LogP contribution < -0.4 is 5.32 Å². The van der Waals surface area contributed by atoms with E-state index in [-0.39, 0.29) is 5.54 Å². The van der Waals surface area contributed by atoms with Crippen LogP contribution in [0.4, 0.5) is 0 Å². The summed E-state index contributed by atoms with van der Waals surface area (Å²) in [5.74, 6) is 0. The Labute approximate surface area is 104 Å². The van der Waals surface area contributed by atoms with Crippen LogP contribution in [-0.2, 0) is 5.54 Å². The highest BCUT2D eigenvalue weighted by Crippen LogP contribution is 2.45. The largest absolute Gasteiger partial charge is 0.300 e. The van der Waals surface area contributed by atoms with Gasteiger partial charge in [0.05, 0.1) is 5.54 Å². The second-order valence-corrected chi connectivity index (χ2v) is 5.33. The van der Waals surface area contributed by atoms with Crippen molar-refractivity contribution in [1.82, 2.24) is 5.32 Å². The Morgan fingerprint density at radius 1 is 1.18 bits per heavy atom. The maximum absolute atomic E-state index is 4.06. The highest BCUT2D eigenvalue weighted by molar-refractivity contribution is 5.37. The molecule has 1 saturated heterocycles. The summed E-state index contributed by atoms with van der Waals surface area (Å²) in [5, 5.41) is 3.64. The Hall–Kier alpha value is -1.34. The smallest absolute Gasteiger partial charge is 0.0633 e. The lowest BCUT2D eigenvalue weighted by Crippen LogP contribution is -2.15. The summed E-state index contributed by atoms with van der Waals surface area (Å²) in [6.07, 6.45) is 2.05. The van der Waals surface area contributed by atoms with Gasteiger partial charge < -0.3 is 5.32 Å². The van der Waals surface area contributed by atoms with Crippen molar-refractivity contribution in [3.05, 3.63) is 60.2 Å². The van der Waals surface area contributed by atoms with Gasteiger partial charge in [0, 0.05) is 6.04 Å². The van der Waals surface area contributed by atoms with Gasteiger partial charge in [-0.1, -0.05) is 41.5 Å². The standard InChI is InChI=1S/C16H21N/c1-12(2)10-15-16(17-15,11-13(3)4)14-8-6-5-7-9-14/h5-9,15,17H,1,3,10-11H2,2,4H3. The predicted octanol–water partition coefficient (Wildman–Crippen LogP) is 3.79. The van der Waals surface area contributed by atoms with Crippen molar-refractivity contribution in [2.75, 3.05) is 0 Å². The van der Waals surface area contributed by atoms with Crippen LogP contribution in [-0.4, -0.2) is 6.04 Å². The van der Waals surface area contributed by atoms with Gasteiger partial charge in [-0.2, -0.15) is 0 Å². The quantitative estimate of drug-likeness (QED) is 0.600. The molecule has 1 aliphatic heterocycles. The van der Waals surface area contributed by atoms with Crippen molar-refractivity contribution < 1.29 is 0 Å². The highest BCUT2D eigenvalue weighted by Gasteiger charge is 2.53. The van der Waals surface area contributed by atoms with E-state index in [1.807, 2.05) is 0 Å². The number of nitrogens with one attached hydrogen (secondary N) is 1. The van der Waals surface area contributed by atoms with Gasteiger partial charge in [0.1, 0.15) is 0 Å². The molecule has 1 aliphatic rings. The Balaban J connectivity index is 2.22. The van der Waals surface area contributed by atoms with E-state index in [0.717, 1.165) is 12.8 Å². The van der Waals surface area contributed by atoms with Crippen LogP contribution in [0.1, 0.15) is 32.3 Å². The van der Waals surface area contributed by atoms with E-state index >= 15 is 0 Å². The zero-order valence-electron chi connectivity index (χ0n) is 10.8. The molecule has 0 saturated carbocycles. The van der Waals surface area contributed by atoms with Crippen molar-refractivity contribution in [2.45, 2.75) is 38.3 Å². The van der Waals surface area contributed by atoms with Gasteiger partial charge in [-0.15, -0.1) is 13.2 Å². The van der Waals surface area contributed by atoms with Crippen molar-refractivity contribution in [3.8, 4) is 0 Å². The van der Waals surface area contributed by atoms with Gasteiger partial charge in [0.15, 0.2) is 0 Å². The minimum atomic E-state index is 0.103. The van der Waals surface area contributed by atoms with Crippen molar-refractivity contribution in [1.29, 1.82) is 0 Å². The molecule has 0 radical (unpaired) electrons. The zero-order valence-corrected chi connectivity index (χ0v) is 10.8. The van der Waals surface area contributed by atoms with E-state index in [2.05, 4.69) is 62.7 Å². The average Bonchev–Trinajstić information content (AvgIpc) is 2.91. The summed E-state index contributed by atoms with van der Waals surface area (Å²) in [4.78, 5) is 0. The van der Waals surface area contributed by atoms with Crippen LogP contribution in [0.3, 0.4) is 0 Å². The molecule has 1 heteroatoms. The minimum Gasteiger partial charge on any atom is -0.300 e. The molecule has 1 heterocycles. The second-order valence-electron chi connectivity index (χ2n) is 5.33. The maximum Gasteiger partial charge on any atom is 0.0633 e. The van der Waals surface area contributed by atoms with Gasteiger partial charge in [-0.05, 0) is 32.3 Å². The number of hydrogen-bond acceptors (Lipinski definition) is 1. The van der Waals surface area contributed by atoms with Crippen LogP contribution in [0.2, 0.25) is 0 Å². The monoisotopic (exact) mass is 227 g/mol. The molecule has 0 aliphatic carbocycles. The number of hydrogen-bond donors (Lipinski definition) is 1. The molecular formula is C16H21N. The molecule has 1 aromatic rings. The van der Waals surface area contributed by atoms with E-state index in [1.54, 1.807) is 0 Å². The predicted molar refractivity (Wildman–Crippen MR) is 73.9 cm³/mol. The SMILES string of the molecule is C=C(C)CC1NC1(CC(=C)C)c1ccccc1. The maximum atomic E-state index is 4.06. The van der Waals surface area contributed by atoms with E-state index in [1.165, 1.54) is 16.7 Å². The molecule has 2 unspecified atom stereocenters. The Bertz CT molecular complexity index is 432. The molecule has 0 aromatic heterocycles. The fraction of sp³-hybridized carbons (Fsp3) is 0.375. The minimum absolute atomic E-state index is 0.103. The lowest BCUT2D eigenvalue weighted by Gasteiger charge is -2.16. The van der Waals surface area contributed by atoms with Crippen LogP contribution in [0.15, 0.2) is 54.6 Å². The summed E-state index contributed by atoms with van der Waals surface area (Å²) in [6.45, 7) is 12.3. The Morgan fingerprint density at radius 3 is 2.35 bits per heavy atom. The molecular weight excluding hydrogens is 206 g/mol. The van der Waals surface area contributed by atoms with Gasteiger partial charge in [0.2, 0.25) is 0 Å². The Morgan fingerprint density at radius 2 is 1.82 bits per heavy atom. The first kappa shape index (κ1) is 12.1. The third-order valence-corrected chi connectivity index (χ3v) is 3.37. The van der Waals surface area contributed by atoms with Gasteiger partial charge in [-0.25, -0.2) is 0 Å². The highest BCUT2D eigenvalue weighted by atomic mass is 15.2. The molecule has 90 valence electrons. The first-order valence-electron chi connectivity index (χ1n) is 6.16. The van der Waals surface area contributed by atoms with Crippen LogP contribution in [0, 0.1) is 0 Å². The third-order valence-electron chi connectivity index (χ3n) is 3.37. The molecule has 1 N–H and O–H groups in total. The summed E-state index contributed by atoms with van der Waals surface area (Å²) in [7, 11) is 0. The van der Waals surface area contributed by atoms with Crippen LogP contribution in [0.25, 0.3) is 0 Å². The van der Waals surface area contributed by atoms with E-state index in [4.69, 9.17) is 0 Å². The van der Waals surface area contributed by atoms with Crippen LogP contribution in [0.5, 0.6) is 0 Å². The molecule has 0 spiro atoms. The second kappa shape index (κ2) is 4.50. The number of benzene rings is 1. The molecule has 0 bridgehead atoms. The van der Waals surface area contributed by atoms with Crippen molar-refractivity contribution >= 4 is 0 Å². The van der Waals surface area contributed by atoms with Crippen LogP contribution >= 0.6 is 0 Å². The summed E-state index contributed by atoms with van der Waals surface area (Å²) < 4.78 is 0. The molecule has 17 heavy (non-hydrogen) atoms. The first-order chi connectivity index (χ1) is 8.04. The molecule has 2 atom stereocenters. The average molecular weight is 227 g/mol. The molecule has 1 nitrogen and oxygen atoms in total. The van der Waals surface area contributed by atoms with E-state index in [9.17, 15) is 0 Å². The third kappa shape index (κ3) is 2.50. The first-order valence-corrected chi connectivity index (χ1v) is 6.16. The fourth-order valence-corrected chi connectivity index (χ4v) is 2.62. The lowest BCUT2D eigenvalue weighted by molar-refractivity contribution is 0.629. The summed E-state index contributed by atoms with van der Waals surface area (Å²) in [6, 6.07) is 11.2. The van der Waals surface area contributed by atoms with Crippen molar-refractivity contribution in [3.63, 3.8) is 0 Å². The molecule has 1 fully saturated rings. The molecule has 2 rings (SSSR count).